The minimum absolute atomic E-state index is 0.0107. The van der Waals surface area contributed by atoms with Crippen LogP contribution in [-0.2, 0) is 11.3 Å². The van der Waals surface area contributed by atoms with Crippen LogP contribution < -0.4 is 0 Å². The molecule has 3 aromatic carbocycles. The van der Waals surface area contributed by atoms with Crippen molar-refractivity contribution < 1.29 is 18.7 Å². The molecule has 0 atom stereocenters. The number of allylic oxidation sites excluding steroid dienone is 1. The summed E-state index contributed by atoms with van der Waals surface area (Å²) in [5.41, 5.74) is 2.54. The summed E-state index contributed by atoms with van der Waals surface area (Å²) in [6, 6.07) is 25.6. The number of halogens is 1. The number of benzene rings is 3. The summed E-state index contributed by atoms with van der Waals surface area (Å²) in [6.45, 7) is 0.160. The predicted molar refractivity (Wildman–Crippen MR) is 129 cm³/mol. The predicted octanol–water partition coefficient (Wildman–Crippen LogP) is 7.29. The topological polar surface area (TPSA) is 56.5 Å². The Morgan fingerprint density at radius 3 is 2.58 bits per heavy atom. The SMILES string of the molecule is O=C(OCc1ccccc1)c1cc(-c2ccc(/C=C3\Sc4ccccc4C3=O)o2)ccc1Cl. The van der Waals surface area contributed by atoms with Gasteiger partial charge in [-0.25, -0.2) is 4.79 Å². The normalized spacial score (nSPS) is 13.8. The Bertz CT molecular complexity index is 1390. The molecule has 0 saturated heterocycles. The molecular formula is C27H17ClO4S. The molecule has 0 radical (unpaired) electrons. The molecule has 0 N–H and O–H groups in total. The zero-order valence-electron chi connectivity index (χ0n) is 17.3. The number of thioether (sulfide) groups is 1. The van der Waals surface area contributed by atoms with E-state index in [-0.39, 0.29) is 18.0 Å². The van der Waals surface area contributed by atoms with Gasteiger partial charge in [0, 0.05) is 16.0 Å². The van der Waals surface area contributed by atoms with Crippen LogP contribution in [0.2, 0.25) is 5.02 Å². The lowest BCUT2D eigenvalue weighted by molar-refractivity contribution is 0.0473. The molecule has 0 aliphatic carbocycles. The first-order valence-corrected chi connectivity index (χ1v) is 11.4. The van der Waals surface area contributed by atoms with E-state index in [0.29, 0.717) is 32.6 Å². The lowest BCUT2D eigenvalue weighted by Gasteiger charge is -2.08. The molecule has 0 bridgehead atoms. The molecule has 1 aromatic heterocycles. The number of carbonyl (C=O) groups excluding carboxylic acids is 2. The van der Waals surface area contributed by atoms with Crippen molar-refractivity contribution in [2.45, 2.75) is 11.5 Å². The van der Waals surface area contributed by atoms with E-state index in [0.717, 1.165) is 10.5 Å². The van der Waals surface area contributed by atoms with Gasteiger partial charge >= 0.3 is 5.97 Å². The Morgan fingerprint density at radius 2 is 1.76 bits per heavy atom. The Kier molecular flexibility index (Phi) is 5.90. The third-order valence-corrected chi connectivity index (χ3v) is 6.59. The number of carbonyl (C=O) groups is 2. The Hall–Kier alpha value is -3.54. The van der Waals surface area contributed by atoms with Gasteiger partial charge in [0.05, 0.1) is 15.5 Å². The molecule has 0 amide bonds. The van der Waals surface area contributed by atoms with E-state index in [2.05, 4.69) is 0 Å². The fraction of sp³-hybridized carbons (Fsp3) is 0.0370. The number of furan rings is 1. The van der Waals surface area contributed by atoms with Crippen molar-refractivity contribution >= 4 is 41.2 Å². The maximum atomic E-state index is 12.6. The van der Waals surface area contributed by atoms with E-state index in [1.807, 2.05) is 54.6 Å². The van der Waals surface area contributed by atoms with Gasteiger partial charge < -0.3 is 9.15 Å². The van der Waals surface area contributed by atoms with Crippen molar-refractivity contribution in [3.05, 3.63) is 117 Å². The number of fused-ring (bicyclic) bond motifs is 1. The minimum Gasteiger partial charge on any atom is -0.457 e. The molecule has 0 unspecified atom stereocenters. The smallest absolute Gasteiger partial charge is 0.340 e. The van der Waals surface area contributed by atoms with Crippen LogP contribution in [0, 0.1) is 0 Å². The third-order valence-electron chi connectivity index (χ3n) is 5.16. The van der Waals surface area contributed by atoms with Gasteiger partial charge in [0.2, 0.25) is 5.78 Å². The fourth-order valence-corrected chi connectivity index (χ4v) is 4.71. The first-order chi connectivity index (χ1) is 16.1. The number of Topliss-reactive ketones (excluding diaryl/α,β-unsaturated/α-hetero) is 1. The van der Waals surface area contributed by atoms with Crippen molar-refractivity contribution in [3.8, 4) is 11.3 Å². The third kappa shape index (κ3) is 4.51. The Morgan fingerprint density at radius 1 is 0.970 bits per heavy atom. The maximum absolute atomic E-state index is 12.6. The zero-order valence-corrected chi connectivity index (χ0v) is 18.9. The Balaban J connectivity index is 1.35. The molecular weight excluding hydrogens is 456 g/mol. The van der Waals surface area contributed by atoms with E-state index in [1.165, 1.54) is 11.8 Å². The molecule has 162 valence electrons. The highest BCUT2D eigenvalue weighted by Gasteiger charge is 2.25. The van der Waals surface area contributed by atoms with Gasteiger partial charge in [0.25, 0.3) is 0 Å². The molecule has 1 aliphatic heterocycles. The zero-order chi connectivity index (χ0) is 22.8. The summed E-state index contributed by atoms with van der Waals surface area (Å²) in [7, 11) is 0. The number of hydrogen-bond acceptors (Lipinski definition) is 5. The first kappa shape index (κ1) is 21.3. The molecule has 0 spiro atoms. The summed E-state index contributed by atoms with van der Waals surface area (Å²) in [5, 5.41) is 0.302. The summed E-state index contributed by atoms with van der Waals surface area (Å²) >= 11 is 7.69. The van der Waals surface area contributed by atoms with Crippen molar-refractivity contribution in [2.75, 3.05) is 0 Å². The van der Waals surface area contributed by atoms with Gasteiger partial charge in [0.1, 0.15) is 18.1 Å². The highest BCUT2D eigenvalue weighted by molar-refractivity contribution is 8.04. The standard InChI is InChI=1S/C27H17ClO4S/c28-22-12-10-18(14-21(22)27(30)31-16-17-6-2-1-3-7-17)23-13-11-19(32-23)15-25-26(29)20-8-4-5-9-24(20)33-25/h1-15H,16H2/b25-15-. The quantitative estimate of drug-likeness (QED) is 0.225. The van der Waals surface area contributed by atoms with Crippen LogP contribution in [0.1, 0.15) is 32.0 Å². The summed E-state index contributed by atoms with van der Waals surface area (Å²) in [6.07, 6.45) is 1.74. The van der Waals surface area contributed by atoms with Crippen LogP contribution in [0.25, 0.3) is 17.4 Å². The van der Waals surface area contributed by atoms with Gasteiger partial charge in [-0.1, -0.05) is 65.8 Å². The molecule has 0 fully saturated rings. The van der Waals surface area contributed by atoms with Crippen LogP contribution in [-0.4, -0.2) is 11.8 Å². The van der Waals surface area contributed by atoms with Crippen LogP contribution in [0.5, 0.6) is 0 Å². The highest BCUT2D eigenvalue weighted by Crippen LogP contribution is 2.41. The molecule has 2 heterocycles. The molecule has 0 saturated carbocycles. The number of ketones is 1. The average Bonchev–Trinajstić information content (AvgIpc) is 3.43. The van der Waals surface area contributed by atoms with Crippen LogP contribution in [0.15, 0.2) is 99.1 Å². The number of hydrogen-bond donors (Lipinski definition) is 0. The van der Waals surface area contributed by atoms with Crippen LogP contribution in [0.4, 0.5) is 0 Å². The summed E-state index contributed by atoms with van der Waals surface area (Å²) < 4.78 is 11.4. The number of ether oxygens (including phenoxy) is 1. The molecule has 1 aliphatic rings. The van der Waals surface area contributed by atoms with E-state index in [1.54, 1.807) is 36.4 Å². The van der Waals surface area contributed by atoms with E-state index in [4.69, 9.17) is 20.8 Å². The first-order valence-electron chi connectivity index (χ1n) is 10.2. The maximum Gasteiger partial charge on any atom is 0.340 e. The molecule has 5 rings (SSSR count). The van der Waals surface area contributed by atoms with Crippen molar-refractivity contribution in [3.63, 3.8) is 0 Å². The molecule has 4 nitrogen and oxygen atoms in total. The van der Waals surface area contributed by atoms with Gasteiger partial charge in [-0.15, -0.1) is 0 Å². The van der Waals surface area contributed by atoms with Crippen molar-refractivity contribution in [1.82, 2.24) is 0 Å². The van der Waals surface area contributed by atoms with Gasteiger partial charge in [0.15, 0.2) is 0 Å². The van der Waals surface area contributed by atoms with E-state index in [9.17, 15) is 9.59 Å². The fourth-order valence-electron chi connectivity index (χ4n) is 3.49. The van der Waals surface area contributed by atoms with Gasteiger partial charge in [-0.2, -0.15) is 0 Å². The highest BCUT2D eigenvalue weighted by atomic mass is 35.5. The Labute approximate surface area is 199 Å². The summed E-state index contributed by atoms with van der Waals surface area (Å²) in [4.78, 5) is 26.8. The average molecular weight is 473 g/mol. The molecule has 6 heteroatoms. The molecule has 4 aromatic rings. The van der Waals surface area contributed by atoms with Crippen molar-refractivity contribution in [2.24, 2.45) is 0 Å². The van der Waals surface area contributed by atoms with E-state index >= 15 is 0 Å². The minimum atomic E-state index is -0.509. The van der Waals surface area contributed by atoms with Gasteiger partial charge in [-0.05, 0) is 54.1 Å². The van der Waals surface area contributed by atoms with E-state index < -0.39 is 5.97 Å². The summed E-state index contributed by atoms with van der Waals surface area (Å²) in [5.74, 6) is 0.592. The largest absolute Gasteiger partial charge is 0.457 e. The lowest BCUT2D eigenvalue weighted by atomic mass is 10.1. The van der Waals surface area contributed by atoms with Crippen LogP contribution >= 0.6 is 23.4 Å². The second kappa shape index (κ2) is 9.14. The lowest BCUT2D eigenvalue weighted by Crippen LogP contribution is -2.06. The monoisotopic (exact) mass is 472 g/mol. The van der Waals surface area contributed by atoms with Crippen molar-refractivity contribution in [1.29, 1.82) is 0 Å². The molecule has 33 heavy (non-hydrogen) atoms. The van der Waals surface area contributed by atoms with Gasteiger partial charge in [-0.3, -0.25) is 4.79 Å². The number of rotatable bonds is 5. The number of esters is 1. The second-order valence-corrected chi connectivity index (χ2v) is 8.89. The second-order valence-electron chi connectivity index (χ2n) is 7.39. The van der Waals surface area contributed by atoms with Crippen LogP contribution in [0.3, 0.4) is 0 Å².